The lowest BCUT2D eigenvalue weighted by atomic mass is 10.0. The van der Waals surface area contributed by atoms with E-state index in [9.17, 15) is 15.0 Å². The zero-order valence-corrected chi connectivity index (χ0v) is 12.1. The van der Waals surface area contributed by atoms with Gasteiger partial charge in [-0.1, -0.05) is 26.2 Å². The first kappa shape index (κ1) is 17.4. The van der Waals surface area contributed by atoms with E-state index in [4.69, 9.17) is 4.74 Å². The summed E-state index contributed by atoms with van der Waals surface area (Å²) in [6.45, 7) is 7.39. The van der Waals surface area contributed by atoms with Gasteiger partial charge in [0.2, 0.25) is 0 Å². The summed E-state index contributed by atoms with van der Waals surface area (Å²) in [5.74, 6) is -0.608. The van der Waals surface area contributed by atoms with Gasteiger partial charge in [0.05, 0.1) is 6.10 Å². The van der Waals surface area contributed by atoms with Crippen LogP contribution in [0.3, 0.4) is 0 Å². The zero-order valence-electron chi connectivity index (χ0n) is 12.1. The number of unbranched alkanes of at least 4 members (excludes halogenated alkanes) is 2. The first-order valence-corrected chi connectivity index (χ1v) is 6.85. The van der Waals surface area contributed by atoms with Crippen molar-refractivity contribution in [1.29, 1.82) is 0 Å². The Morgan fingerprint density at radius 1 is 1.11 bits per heavy atom. The Bertz CT molecular complexity index is 232. The number of esters is 1. The Balaban J connectivity index is 3.81. The lowest BCUT2D eigenvalue weighted by Gasteiger charge is -2.22. The number of aliphatic hydroxyl groups excluding tert-OH is 2. The Hall–Kier alpha value is -0.610. The molecule has 2 atom stereocenters. The van der Waals surface area contributed by atoms with Crippen LogP contribution >= 0.6 is 0 Å². The van der Waals surface area contributed by atoms with Crippen molar-refractivity contribution in [3.05, 3.63) is 0 Å². The fourth-order valence-electron chi connectivity index (χ4n) is 1.61. The molecule has 0 aromatic rings. The van der Waals surface area contributed by atoms with E-state index in [0.717, 1.165) is 25.7 Å². The fourth-order valence-corrected chi connectivity index (χ4v) is 1.61. The molecule has 4 heteroatoms. The summed E-state index contributed by atoms with van der Waals surface area (Å²) < 4.78 is 5.06. The van der Waals surface area contributed by atoms with E-state index in [0.29, 0.717) is 6.42 Å². The van der Waals surface area contributed by atoms with Crippen LogP contribution in [0.4, 0.5) is 0 Å². The fraction of sp³-hybridized carbons (Fsp3) is 0.929. The van der Waals surface area contributed by atoms with Gasteiger partial charge in [-0.25, -0.2) is 4.79 Å². The van der Waals surface area contributed by atoms with E-state index in [-0.39, 0.29) is 6.42 Å². The Kier molecular flexibility index (Phi) is 8.20. The second-order valence-electron chi connectivity index (χ2n) is 5.78. The average molecular weight is 260 g/mol. The van der Waals surface area contributed by atoms with Crippen molar-refractivity contribution in [3.63, 3.8) is 0 Å². The van der Waals surface area contributed by atoms with E-state index in [1.807, 2.05) is 0 Å². The van der Waals surface area contributed by atoms with Crippen LogP contribution in [-0.2, 0) is 9.53 Å². The first-order valence-electron chi connectivity index (χ1n) is 6.85. The first-order chi connectivity index (χ1) is 8.26. The molecule has 0 saturated carbocycles. The maximum atomic E-state index is 11.5. The highest BCUT2D eigenvalue weighted by atomic mass is 16.6. The molecule has 0 aliphatic heterocycles. The van der Waals surface area contributed by atoms with E-state index in [2.05, 4.69) is 6.92 Å². The maximum absolute atomic E-state index is 11.5. The van der Waals surface area contributed by atoms with Crippen LogP contribution in [0.15, 0.2) is 0 Å². The van der Waals surface area contributed by atoms with Gasteiger partial charge in [-0.15, -0.1) is 0 Å². The summed E-state index contributed by atoms with van der Waals surface area (Å²) in [6, 6.07) is 0. The number of ether oxygens (including phenoxy) is 1. The summed E-state index contributed by atoms with van der Waals surface area (Å²) >= 11 is 0. The Morgan fingerprint density at radius 2 is 1.72 bits per heavy atom. The van der Waals surface area contributed by atoms with E-state index in [1.54, 1.807) is 20.8 Å². The highest BCUT2D eigenvalue weighted by molar-refractivity contribution is 5.74. The topological polar surface area (TPSA) is 66.8 Å². The third kappa shape index (κ3) is 9.42. The normalized spacial score (nSPS) is 15.2. The van der Waals surface area contributed by atoms with Crippen molar-refractivity contribution in [3.8, 4) is 0 Å². The summed E-state index contributed by atoms with van der Waals surface area (Å²) in [4.78, 5) is 11.5. The van der Waals surface area contributed by atoms with Crippen LogP contribution in [0.5, 0.6) is 0 Å². The molecule has 0 fully saturated rings. The molecule has 0 heterocycles. The van der Waals surface area contributed by atoms with Gasteiger partial charge in [-0.05, 0) is 40.0 Å². The number of aliphatic hydroxyl groups is 2. The molecular weight excluding hydrogens is 232 g/mol. The molecule has 0 aromatic heterocycles. The Morgan fingerprint density at radius 3 is 2.22 bits per heavy atom. The molecule has 4 nitrogen and oxygen atoms in total. The quantitative estimate of drug-likeness (QED) is 0.519. The van der Waals surface area contributed by atoms with Gasteiger partial charge in [0.15, 0.2) is 6.10 Å². The monoisotopic (exact) mass is 260 g/mol. The minimum Gasteiger partial charge on any atom is -0.458 e. The maximum Gasteiger partial charge on any atom is 0.335 e. The Labute approximate surface area is 110 Å². The van der Waals surface area contributed by atoms with E-state index >= 15 is 0 Å². The zero-order chi connectivity index (χ0) is 14.2. The second-order valence-corrected chi connectivity index (χ2v) is 5.78. The van der Waals surface area contributed by atoms with Gasteiger partial charge >= 0.3 is 5.97 Å². The molecule has 0 amide bonds. The van der Waals surface area contributed by atoms with Crippen LogP contribution in [0.2, 0.25) is 0 Å². The predicted molar refractivity (Wildman–Crippen MR) is 71.2 cm³/mol. The third-order valence-electron chi connectivity index (χ3n) is 2.59. The highest BCUT2D eigenvalue weighted by Gasteiger charge is 2.23. The predicted octanol–water partition coefficient (Wildman–Crippen LogP) is 2.41. The summed E-state index contributed by atoms with van der Waals surface area (Å²) in [5, 5.41) is 19.3. The number of carbonyl (C=O) groups is 1. The smallest absolute Gasteiger partial charge is 0.335 e. The van der Waals surface area contributed by atoms with Gasteiger partial charge in [0, 0.05) is 0 Å². The van der Waals surface area contributed by atoms with Gasteiger partial charge in [-0.2, -0.15) is 0 Å². The summed E-state index contributed by atoms with van der Waals surface area (Å²) in [7, 11) is 0. The standard InChI is InChI=1S/C14H28O4/c1-5-6-7-8-11(15)9-10-12(16)13(17)18-14(2,3)4/h11-12,15-16H,5-10H2,1-4H3/t11-,12-/m1/s1. The molecule has 0 saturated heterocycles. The van der Waals surface area contributed by atoms with Crippen molar-refractivity contribution < 1.29 is 19.7 Å². The molecule has 0 unspecified atom stereocenters. The molecule has 0 bridgehead atoms. The molecule has 0 rings (SSSR count). The minimum absolute atomic E-state index is 0.252. The van der Waals surface area contributed by atoms with Gasteiger partial charge < -0.3 is 14.9 Å². The second kappa shape index (κ2) is 8.48. The van der Waals surface area contributed by atoms with Crippen molar-refractivity contribution in [2.24, 2.45) is 0 Å². The third-order valence-corrected chi connectivity index (χ3v) is 2.59. The highest BCUT2D eigenvalue weighted by Crippen LogP contribution is 2.13. The minimum atomic E-state index is -1.13. The molecule has 0 aliphatic rings. The van der Waals surface area contributed by atoms with Crippen molar-refractivity contribution in [1.82, 2.24) is 0 Å². The summed E-state index contributed by atoms with van der Waals surface area (Å²) in [6.07, 6.45) is 3.05. The van der Waals surface area contributed by atoms with Gasteiger partial charge in [0.25, 0.3) is 0 Å². The molecule has 2 N–H and O–H groups in total. The van der Waals surface area contributed by atoms with Crippen LogP contribution in [0, 0.1) is 0 Å². The lowest BCUT2D eigenvalue weighted by Crippen LogP contribution is -2.32. The van der Waals surface area contributed by atoms with Crippen molar-refractivity contribution >= 4 is 5.97 Å². The molecule has 108 valence electrons. The molecule has 0 aliphatic carbocycles. The molecule has 0 aromatic carbocycles. The van der Waals surface area contributed by atoms with Crippen LogP contribution in [-0.4, -0.2) is 34.0 Å². The van der Waals surface area contributed by atoms with Crippen molar-refractivity contribution in [2.45, 2.75) is 84.0 Å². The number of rotatable bonds is 8. The van der Waals surface area contributed by atoms with E-state index < -0.39 is 23.8 Å². The molecular formula is C14H28O4. The number of hydrogen-bond donors (Lipinski definition) is 2. The number of carbonyl (C=O) groups excluding carboxylic acids is 1. The van der Waals surface area contributed by atoms with Crippen molar-refractivity contribution in [2.75, 3.05) is 0 Å². The van der Waals surface area contributed by atoms with E-state index in [1.165, 1.54) is 0 Å². The van der Waals surface area contributed by atoms with Gasteiger partial charge in [-0.3, -0.25) is 0 Å². The SMILES string of the molecule is CCCCC[C@@H](O)CC[C@@H](O)C(=O)OC(C)(C)C. The van der Waals surface area contributed by atoms with Crippen LogP contribution < -0.4 is 0 Å². The van der Waals surface area contributed by atoms with Gasteiger partial charge in [0.1, 0.15) is 5.60 Å². The summed E-state index contributed by atoms with van der Waals surface area (Å²) in [5.41, 5.74) is -0.586. The lowest BCUT2D eigenvalue weighted by molar-refractivity contribution is -0.165. The van der Waals surface area contributed by atoms with Crippen LogP contribution in [0.1, 0.15) is 66.2 Å². The molecule has 18 heavy (non-hydrogen) atoms. The number of hydrogen-bond acceptors (Lipinski definition) is 4. The molecule has 0 spiro atoms. The largest absolute Gasteiger partial charge is 0.458 e. The van der Waals surface area contributed by atoms with Crippen LogP contribution in [0.25, 0.3) is 0 Å². The average Bonchev–Trinajstić information content (AvgIpc) is 2.23. The molecule has 0 radical (unpaired) electrons.